The summed E-state index contributed by atoms with van der Waals surface area (Å²) in [6.07, 6.45) is -4.74. The van der Waals surface area contributed by atoms with Gasteiger partial charge in [0.1, 0.15) is 5.75 Å². The molecule has 1 aromatic carbocycles. The Morgan fingerprint density at radius 2 is 2.00 bits per heavy atom. The Morgan fingerprint density at radius 1 is 1.35 bits per heavy atom. The highest BCUT2D eigenvalue weighted by Crippen LogP contribution is 2.24. The normalized spacial score (nSPS) is 19.0. The zero-order chi connectivity index (χ0) is 14.8. The maximum atomic E-state index is 12.0. The zero-order valence-electron chi connectivity index (χ0n) is 10.4. The summed E-state index contributed by atoms with van der Waals surface area (Å²) >= 11 is 0. The van der Waals surface area contributed by atoms with Crippen LogP contribution in [0.25, 0.3) is 0 Å². The van der Waals surface area contributed by atoms with Crippen LogP contribution in [0.4, 0.5) is 23.7 Å². The summed E-state index contributed by atoms with van der Waals surface area (Å²) in [4.78, 5) is 13.2. The van der Waals surface area contributed by atoms with E-state index in [0.29, 0.717) is 18.7 Å². The number of urea groups is 1. The molecule has 1 heterocycles. The van der Waals surface area contributed by atoms with E-state index in [0.717, 1.165) is 12.1 Å². The van der Waals surface area contributed by atoms with Crippen molar-refractivity contribution in [1.29, 1.82) is 0 Å². The first kappa shape index (κ1) is 14.4. The first-order valence-electron chi connectivity index (χ1n) is 5.93. The standard InChI is InChI=1S/C12H13F3N2O3/c13-12(14,15)20-10-3-1-8(2-4-10)16-11(19)17-6-5-9(18)7-17/h1-4,9,18H,5-7H2,(H,16,19). The van der Waals surface area contributed by atoms with Crippen LogP contribution in [-0.4, -0.2) is 41.6 Å². The summed E-state index contributed by atoms with van der Waals surface area (Å²) < 4.78 is 39.6. The average molecular weight is 290 g/mol. The Balaban J connectivity index is 1.92. The van der Waals surface area contributed by atoms with Crippen molar-refractivity contribution in [3.63, 3.8) is 0 Å². The molecular formula is C12H13F3N2O3. The average Bonchev–Trinajstić information content (AvgIpc) is 2.77. The second-order valence-corrected chi connectivity index (χ2v) is 4.39. The van der Waals surface area contributed by atoms with Crippen LogP contribution in [0.3, 0.4) is 0 Å². The monoisotopic (exact) mass is 290 g/mol. The van der Waals surface area contributed by atoms with Crippen LogP contribution >= 0.6 is 0 Å². The van der Waals surface area contributed by atoms with Crippen LogP contribution in [0.15, 0.2) is 24.3 Å². The number of anilines is 1. The summed E-state index contributed by atoms with van der Waals surface area (Å²) in [6, 6.07) is 4.45. The molecule has 1 unspecified atom stereocenters. The highest BCUT2D eigenvalue weighted by molar-refractivity contribution is 5.89. The highest BCUT2D eigenvalue weighted by Gasteiger charge is 2.31. The summed E-state index contributed by atoms with van der Waals surface area (Å²) in [5, 5.41) is 11.8. The lowest BCUT2D eigenvalue weighted by atomic mass is 10.3. The topological polar surface area (TPSA) is 61.8 Å². The minimum atomic E-state index is -4.74. The fourth-order valence-electron chi connectivity index (χ4n) is 1.87. The number of nitrogens with zero attached hydrogens (tertiary/aromatic N) is 1. The summed E-state index contributed by atoms with van der Waals surface area (Å²) in [6.45, 7) is 0.698. The lowest BCUT2D eigenvalue weighted by molar-refractivity contribution is -0.274. The number of carbonyl (C=O) groups is 1. The maximum absolute atomic E-state index is 12.0. The predicted octanol–water partition coefficient (Wildman–Crippen LogP) is 2.18. The number of halogens is 3. The number of ether oxygens (including phenoxy) is 1. The molecule has 1 fully saturated rings. The van der Waals surface area contributed by atoms with Crippen molar-refractivity contribution >= 4 is 11.7 Å². The van der Waals surface area contributed by atoms with Crippen LogP contribution < -0.4 is 10.1 Å². The van der Waals surface area contributed by atoms with E-state index in [-0.39, 0.29) is 12.3 Å². The van der Waals surface area contributed by atoms with E-state index in [1.165, 1.54) is 17.0 Å². The molecule has 5 nitrogen and oxygen atoms in total. The molecule has 0 spiro atoms. The summed E-state index contributed by atoms with van der Waals surface area (Å²) in [5.41, 5.74) is 0.353. The molecule has 0 aliphatic carbocycles. The van der Waals surface area contributed by atoms with Gasteiger partial charge < -0.3 is 20.1 Å². The molecule has 20 heavy (non-hydrogen) atoms. The fourth-order valence-corrected chi connectivity index (χ4v) is 1.87. The fraction of sp³-hybridized carbons (Fsp3) is 0.417. The van der Waals surface area contributed by atoms with Crippen molar-refractivity contribution in [2.45, 2.75) is 18.9 Å². The van der Waals surface area contributed by atoms with Gasteiger partial charge in [0.05, 0.1) is 6.10 Å². The Hall–Kier alpha value is -1.96. The van der Waals surface area contributed by atoms with Crippen molar-refractivity contribution in [1.82, 2.24) is 4.90 Å². The lowest BCUT2D eigenvalue weighted by Gasteiger charge is -2.16. The van der Waals surface area contributed by atoms with Gasteiger partial charge in [-0.1, -0.05) is 0 Å². The van der Waals surface area contributed by atoms with E-state index in [2.05, 4.69) is 10.1 Å². The highest BCUT2D eigenvalue weighted by atomic mass is 19.4. The molecule has 0 saturated carbocycles. The molecule has 1 saturated heterocycles. The minimum absolute atomic E-state index is 0.251. The molecule has 2 amide bonds. The first-order valence-corrected chi connectivity index (χ1v) is 5.93. The number of carbonyl (C=O) groups excluding carboxylic acids is 1. The van der Waals surface area contributed by atoms with Crippen molar-refractivity contribution in [3.05, 3.63) is 24.3 Å². The largest absolute Gasteiger partial charge is 0.573 e. The van der Waals surface area contributed by atoms with Gasteiger partial charge in [-0.25, -0.2) is 4.79 Å². The van der Waals surface area contributed by atoms with Crippen LogP contribution in [0.5, 0.6) is 5.75 Å². The second-order valence-electron chi connectivity index (χ2n) is 4.39. The molecule has 2 rings (SSSR count). The van der Waals surface area contributed by atoms with Crippen molar-refractivity contribution < 1.29 is 27.8 Å². The third-order valence-corrected chi connectivity index (χ3v) is 2.79. The van der Waals surface area contributed by atoms with E-state index >= 15 is 0 Å². The quantitative estimate of drug-likeness (QED) is 0.877. The van der Waals surface area contributed by atoms with Gasteiger partial charge >= 0.3 is 12.4 Å². The Bertz CT molecular complexity index is 476. The molecule has 2 N–H and O–H groups in total. The first-order chi connectivity index (χ1) is 9.33. The number of aliphatic hydroxyl groups excluding tert-OH is 1. The van der Waals surface area contributed by atoms with Gasteiger partial charge in [-0.3, -0.25) is 0 Å². The van der Waals surface area contributed by atoms with E-state index in [9.17, 15) is 23.1 Å². The number of hydrogen-bond acceptors (Lipinski definition) is 3. The minimum Gasteiger partial charge on any atom is -0.406 e. The molecular weight excluding hydrogens is 277 g/mol. The third-order valence-electron chi connectivity index (χ3n) is 2.79. The Labute approximate surface area is 112 Å². The number of alkyl halides is 3. The Morgan fingerprint density at radius 3 is 2.50 bits per heavy atom. The van der Waals surface area contributed by atoms with Gasteiger partial charge in [-0.2, -0.15) is 0 Å². The third kappa shape index (κ3) is 4.02. The van der Waals surface area contributed by atoms with Crippen LogP contribution in [0.2, 0.25) is 0 Å². The number of nitrogens with one attached hydrogen (secondary N) is 1. The molecule has 1 atom stereocenters. The molecule has 0 aromatic heterocycles. The van der Waals surface area contributed by atoms with Crippen molar-refractivity contribution in [3.8, 4) is 5.75 Å². The van der Waals surface area contributed by atoms with Crippen LogP contribution in [0, 0.1) is 0 Å². The molecule has 110 valence electrons. The van der Waals surface area contributed by atoms with E-state index in [1.807, 2.05) is 0 Å². The van der Waals surface area contributed by atoms with E-state index < -0.39 is 18.5 Å². The molecule has 1 aliphatic rings. The summed E-state index contributed by atoms with van der Waals surface area (Å²) in [5.74, 6) is -0.355. The van der Waals surface area contributed by atoms with Crippen LogP contribution in [-0.2, 0) is 0 Å². The number of β-amino-alcohol motifs (C(OH)–C–C–N with tert-alkyl or cyclic N) is 1. The maximum Gasteiger partial charge on any atom is 0.573 e. The molecule has 0 radical (unpaired) electrons. The van der Waals surface area contributed by atoms with Gasteiger partial charge in [-0.05, 0) is 30.7 Å². The van der Waals surface area contributed by atoms with Gasteiger partial charge in [0.2, 0.25) is 0 Å². The number of benzene rings is 1. The van der Waals surface area contributed by atoms with E-state index in [4.69, 9.17) is 0 Å². The van der Waals surface area contributed by atoms with Crippen molar-refractivity contribution in [2.75, 3.05) is 18.4 Å². The smallest absolute Gasteiger partial charge is 0.406 e. The zero-order valence-corrected chi connectivity index (χ0v) is 10.4. The molecule has 8 heteroatoms. The number of hydrogen-bond donors (Lipinski definition) is 2. The van der Waals surface area contributed by atoms with Crippen LogP contribution in [0.1, 0.15) is 6.42 Å². The second kappa shape index (κ2) is 5.58. The SMILES string of the molecule is O=C(Nc1ccc(OC(F)(F)F)cc1)N1CCC(O)C1. The van der Waals surface area contributed by atoms with Gasteiger partial charge in [-0.15, -0.1) is 13.2 Å². The van der Waals surface area contributed by atoms with Crippen molar-refractivity contribution in [2.24, 2.45) is 0 Å². The molecule has 1 aliphatic heterocycles. The number of aliphatic hydroxyl groups is 1. The van der Waals surface area contributed by atoms with E-state index in [1.54, 1.807) is 0 Å². The number of likely N-dealkylation sites (tertiary alicyclic amines) is 1. The Kier molecular flexibility index (Phi) is 4.03. The van der Waals surface area contributed by atoms with Gasteiger partial charge in [0.25, 0.3) is 0 Å². The molecule has 1 aromatic rings. The molecule has 0 bridgehead atoms. The summed E-state index contributed by atoms with van der Waals surface area (Å²) in [7, 11) is 0. The van der Waals surface area contributed by atoms with Gasteiger partial charge in [0.15, 0.2) is 0 Å². The number of rotatable bonds is 2. The number of amides is 2. The predicted molar refractivity (Wildman–Crippen MR) is 64.3 cm³/mol. The van der Waals surface area contributed by atoms with Gasteiger partial charge in [0, 0.05) is 18.8 Å². The lowest BCUT2D eigenvalue weighted by Crippen LogP contribution is -2.33.